The van der Waals surface area contributed by atoms with E-state index in [0.717, 1.165) is 24.8 Å². The first kappa shape index (κ1) is 14.9. The van der Waals surface area contributed by atoms with Crippen LogP contribution >= 0.6 is 0 Å². The zero-order chi connectivity index (χ0) is 16.1. The lowest BCUT2D eigenvalue weighted by Crippen LogP contribution is -2.32. The summed E-state index contributed by atoms with van der Waals surface area (Å²) in [5.74, 6) is 2.20. The third kappa shape index (κ3) is 2.69. The van der Waals surface area contributed by atoms with Gasteiger partial charge in [0.25, 0.3) is 0 Å². The van der Waals surface area contributed by atoms with Gasteiger partial charge < -0.3 is 4.52 Å². The fourth-order valence-electron chi connectivity index (χ4n) is 3.91. The van der Waals surface area contributed by atoms with E-state index in [-0.39, 0.29) is 5.41 Å². The summed E-state index contributed by atoms with van der Waals surface area (Å²) < 4.78 is 5.43. The molecular formula is C19H25N3O. The Bertz CT molecular complexity index is 690. The highest BCUT2D eigenvalue weighted by Gasteiger charge is 2.61. The van der Waals surface area contributed by atoms with Gasteiger partial charge in [0.05, 0.1) is 6.54 Å². The molecule has 23 heavy (non-hydrogen) atoms. The molecule has 2 saturated carbocycles. The molecule has 2 aromatic rings. The SMILES string of the molecule is CN(Cc1nc(C2CC2)no1)CC1(c2ccccc2)CC1(C)C. The molecule has 0 amide bonds. The molecule has 2 aliphatic carbocycles. The molecule has 4 nitrogen and oxygen atoms in total. The van der Waals surface area contributed by atoms with Gasteiger partial charge in [-0.15, -0.1) is 0 Å². The van der Waals surface area contributed by atoms with Crippen LogP contribution in [0.25, 0.3) is 0 Å². The Balaban J connectivity index is 1.47. The smallest absolute Gasteiger partial charge is 0.240 e. The maximum absolute atomic E-state index is 5.43. The molecular weight excluding hydrogens is 286 g/mol. The molecule has 1 atom stereocenters. The second-order valence-electron chi connectivity index (χ2n) is 8.00. The minimum atomic E-state index is 0.238. The second-order valence-corrected chi connectivity index (χ2v) is 8.00. The Labute approximate surface area is 137 Å². The first-order valence-electron chi connectivity index (χ1n) is 8.57. The third-order valence-electron chi connectivity index (χ3n) is 5.61. The minimum Gasteiger partial charge on any atom is -0.338 e. The van der Waals surface area contributed by atoms with Crippen LogP contribution in [0, 0.1) is 5.41 Å². The molecule has 1 aromatic heterocycles. The van der Waals surface area contributed by atoms with Gasteiger partial charge in [-0.3, -0.25) is 4.90 Å². The van der Waals surface area contributed by atoms with Crippen molar-refractivity contribution < 1.29 is 4.52 Å². The van der Waals surface area contributed by atoms with Crippen LogP contribution in [-0.4, -0.2) is 28.6 Å². The predicted octanol–water partition coefficient (Wildman–Crippen LogP) is 3.75. The lowest BCUT2D eigenvalue weighted by atomic mass is 9.87. The summed E-state index contributed by atoms with van der Waals surface area (Å²) in [5.41, 5.74) is 2.03. The Kier molecular flexibility index (Phi) is 3.34. The van der Waals surface area contributed by atoms with Crippen LogP contribution in [0.2, 0.25) is 0 Å². The van der Waals surface area contributed by atoms with E-state index in [1.807, 2.05) is 0 Å². The van der Waals surface area contributed by atoms with Gasteiger partial charge in [-0.25, -0.2) is 0 Å². The second kappa shape index (κ2) is 5.17. The van der Waals surface area contributed by atoms with Crippen LogP contribution in [0.5, 0.6) is 0 Å². The number of benzene rings is 1. The van der Waals surface area contributed by atoms with Gasteiger partial charge >= 0.3 is 0 Å². The van der Waals surface area contributed by atoms with Crippen LogP contribution < -0.4 is 0 Å². The summed E-state index contributed by atoms with van der Waals surface area (Å²) in [7, 11) is 2.15. The number of aromatic nitrogens is 2. The van der Waals surface area contributed by atoms with Crippen molar-refractivity contribution in [1.29, 1.82) is 0 Å². The van der Waals surface area contributed by atoms with Crippen LogP contribution in [-0.2, 0) is 12.0 Å². The Hall–Kier alpha value is -1.68. The summed E-state index contributed by atoms with van der Waals surface area (Å²) in [6.45, 7) is 6.48. The van der Waals surface area contributed by atoms with E-state index in [0.29, 0.717) is 11.3 Å². The Morgan fingerprint density at radius 1 is 1.22 bits per heavy atom. The number of nitrogens with zero attached hydrogens (tertiary/aromatic N) is 3. The number of rotatable bonds is 6. The molecule has 4 heteroatoms. The van der Waals surface area contributed by atoms with Crippen molar-refractivity contribution in [3.8, 4) is 0 Å². The standard InChI is InChI=1S/C19H25N3O/c1-18(2)12-19(18,15-7-5-4-6-8-15)13-22(3)11-16-20-17(21-23-16)14-9-10-14/h4-8,14H,9-13H2,1-3H3. The number of hydrogen-bond acceptors (Lipinski definition) is 4. The van der Waals surface area contributed by atoms with Gasteiger partial charge in [0, 0.05) is 17.9 Å². The van der Waals surface area contributed by atoms with E-state index in [9.17, 15) is 0 Å². The van der Waals surface area contributed by atoms with Crippen LogP contribution in [0.1, 0.15) is 56.3 Å². The van der Waals surface area contributed by atoms with Crippen LogP contribution in [0.3, 0.4) is 0 Å². The van der Waals surface area contributed by atoms with Gasteiger partial charge in [-0.1, -0.05) is 49.3 Å². The first-order chi connectivity index (χ1) is 11.0. The molecule has 0 radical (unpaired) electrons. The largest absolute Gasteiger partial charge is 0.338 e. The van der Waals surface area contributed by atoms with Gasteiger partial charge in [0.2, 0.25) is 5.89 Å². The first-order valence-corrected chi connectivity index (χ1v) is 8.57. The van der Waals surface area contributed by atoms with Crippen molar-refractivity contribution in [2.75, 3.05) is 13.6 Å². The summed E-state index contributed by atoms with van der Waals surface area (Å²) >= 11 is 0. The van der Waals surface area contributed by atoms with Crippen LogP contribution in [0.15, 0.2) is 34.9 Å². The molecule has 2 fully saturated rings. The lowest BCUT2D eigenvalue weighted by molar-refractivity contribution is 0.234. The predicted molar refractivity (Wildman–Crippen MR) is 89.1 cm³/mol. The van der Waals surface area contributed by atoms with Gasteiger partial charge in [0.1, 0.15) is 0 Å². The molecule has 1 aromatic carbocycles. The van der Waals surface area contributed by atoms with E-state index in [2.05, 4.69) is 66.3 Å². The highest BCUT2D eigenvalue weighted by atomic mass is 16.5. The Morgan fingerprint density at radius 3 is 2.52 bits per heavy atom. The van der Waals surface area contributed by atoms with Crippen molar-refractivity contribution in [2.45, 2.75) is 51.0 Å². The quantitative estimate of drug-likeness (QED) is 0.815. The van der Waals surface area contributed by atoms with E-state index in [4.69, 9.17) is 4.52 Å². The molecule has 4 rings (SSSR count). The molecule has 0 bridgehead atoms. The average Bonchev–Trinajstić information content (AvgIpc) is 3.40. The molecule has 122 valence electrons. The summed E-state index contributed by atoms with van der Waals surface area (Å²) in [6, 6.07) is 10.9. The normalized spacial score (nSPS) is 25.7. The minimum absolute atomic E-state index is 0.238. The maximum Gasteiger partial charge on any atom is 0.240 e. The van der Waals surface area contributed by atoms with E-state index in [1.165, 1.54) is 24.8 Å². The zero-order valence-electron chi connectivity index (χ0n) is 14.2. The van der Waals surface area contributed by atoms with Crippen molar-refractivity contribution >= 4 is 0 Å². The molecule has 1 unspecified atom stereocenters. The number of likely N-dealkylation sites (N-methyl/N-ethyl adjacent to an activating group) is 1. The van der Waals surface area contributed by atoms with Crippen molar-refractivity contribution in [1.82, 2.24) is 15.0 Å². The van der Waals surface area contributed by atoms with Gasteiger partial charge in [-0.2, -0.15) is 4.98 Å². The van der Waals surface area contributed by atoms with Crippen LogP contribution in [0.4, 0.5) is 0 Å². The molecule has 0 N–H and O–H groups in total. The van der Waals surface area contributed by atoms with Crippen molar-refractivity contribution in [2.24, 2.45) is 5.41 Å². The average molecular weight is 311 g/mol. The Morgan fingerprint density at radius 2 is 1.91 bits per heavy atom. The topological polar surface area (TPSA) is 42.2 Å². The van der Waals surface area contributed by atoms with E-state index >= 15 is 0 Å². The van der Waals surface area contributed by atoms with Gasteiger partial charge in [-0.05, 0) is 37.3 Å². The summed E-state index contributed by atoms with van der Waals surface area (Å²) in [5, 5.41) is 4.12. The van der Waals surface area contributed by atoms with Crippen molar-refractivity contribution in [3.05, 3.63) is 47.6 Å². The molecule has 1 heterocycles. The maximum atomic E-state index is 5.43. The summed E-state index contributed by atoms with van der Waals surface area (Å²) in [6.07, 6.45) is 3.64. The highest BCUT2D eigenvalue weighted by Crippen LogP contribution is 2.64. The fraction of sp³-hybridized carbons (Fsp3) is 0.579. The third-order valence-corrected chi connectivity index (χ3v) is 5.61. The molecule has 0 aliphatic heterocycles. The zero-order valence-corrected chi connectivity index (χ0v) is 14.2. The fourth-order valence-corrected chi connectivity index (χ4v) is 3.91. The molecule has 0 saturated heterocycles. The summed E-state index contributed by atoms with van der Waals surface area (Å²) in [4.78, 5) is 6.88. The van der Waals surface area contributed by atoms with Crippen molar-refractivity contribution in [3.63, 3.8) is 0 Å². The molecule has 2 aliphatic rings. The van der Waals surface area contributed by atoms with E-state index < -0.39 is 0 Å². The molecule has 0 spiro atoms. The van der Waals surface area contributed by atoms with E-state index in [1.54, 1.807) is 0 Å². The monoisotopic (exact) mass is 311 g/mol. The lowest BCUT2D eigenvalue weighted by Gasteiger charge is -2.26. The number of hydrogen-bond donors (Lipinski definition) is 0. The highest BCUT2D eigenvalue weighted by molar-refractivity contribution is 5.37. The van der Waals surface area contributed by atoms with Gasteiger partial charge in [0.15, 0.2) is 5.82 Å².